The average molecular weight is 444 g/mol. The Hall–Kier alpha value is -2.35. The molecule has 2 aromatic rings. The van der Waals surface area contributed by atoms with Crippen molar-refractivity contribution in [2.24, 2.45) is 5.92 Å². The maximum atomic E-state index is 12.7. The molecule has 0 spiro atoms. The molecule has 1 saturated heterocycles. The zero-order valence-electron chi connectivity index (χ0n) is 19.0. The van der Waals surface area contributed by atoms with Crippen molar-refractivity contribution in [3.63, 3.8) is 0 Å². The summed E-state index contributed by atoms with van der Waals surface area (Å²) in [5.41, 5.74) is 3.44. The van der Waals surface area contributed by atoms with Gasteiger partial charge in [-0.3, -0.25) is 14.2 Å². The normalized spacial score (nSPS) is 14.6. The van der Waals surface area contributed by atoms with E-state index in [-0.39, 0.29) is 17.7 Å². The van der Waals surface area contributed by atoms with Gasteiger partial charge in [0, 0.05) is 38.3 Å². The van der Waals surface area contributed by atoms with Gasteiger partial charge < -0.3 is 9.80 Å². The molecule has 31 heavy (non-hydrogen) atoms. The van der Waals surface area contributed by atoms with Gasteiger partial charge in [0.15, 0.2) is 5.16 Å². The molecule has 1 aliphatic heterocycles. The standard InChI is InChI=1S/C23H33N5O2S/c1-5-6-11-26(4)22(30)19-9-12-27(13-10-19)21(29)15-31-23-25-24-16-28(23)20-8-7-17(2)18(3)14-20/h7-8,14,16,19H,5-6,9-13,15H2,1-4H3. The number of aromatic nitrogens is 3. The first-order valence-electron chi connectivity index (χ1n) is 11.0. The molecule has 0 unspecified atom stereocenters. The monoisotopic (exact) mass is 443 g/mol. The molecule has 0 radical (unpaired) electrons. The Morgan fingerprint density at radius 2 is 1.94 bits per heavy atom. The van der Waals surface area contributed by atoms with Crippen LogP contribution >= 0.6 is 11.8 Å². The number of aryl methyl sites for hydroxylation is 2. The van der Waals surface area contributed by atoms with E-state index < -0.39 is 0 Å². The van der Waals surface area contributed by atoms with Gasteiger partial charge in [-0.2, -0.15) is 0 Å². The molecule has 0 aliphatic carbocycles. The van der Waals surface area contributed by atoms with Gasteiger partial charge >= 0.3 is 0 Å². The van der Waals surface area contributed by atoms with E-state index in [1.54, 1.807) is 6.33 Å². The van der Waals surface area contributed by atoms with Gasteiger partial charge in [0.25, 0.3) is 0 Å². The number of hydrogen-bond donors (Lipinski definition) is 0. The number of nitrogens with zero attached hydrogens (tertiary/aromatic N) is 5. The highest BCUT2D eigenvalue weighted by molar-refractivity contribution is 7.99. The van der Waals surface area contributed by atoms with Crippen molar-refractivity contribution >= 4 is 23.6 Å². The van der Waals surface area contributed by atoms with E-state index in [1.807, 2.05) is 27.5 Å². The van der Waals surface area contributed by atoms with E-state index in [0.29, 0.717) is 24.0 Å². The largest absolute Gasteiger partial charge is 0.346 e. The third-order valence-electron chi connectivity index (χ3n) is 6.03. The van der Waals surface area contributed by atoms with E-state index >= 15 is 0 Å². The van der Waals surface area contributed by atoms with Crippen LogP contribution in [0.1, 0.15) is 43.7 Å². The lowest BCUT2D eigenvalue weighted by Gasteiger charge is -2.33. The first-order valence-corrected chi connectivity index (χ1v) is 12.0. The molecular weight excluding hydrogens is 410 g/mol. The topological polar surface area (TPSA) is 71.3 Å². The van der Waals surface area contributed by atoms with E-state index in [9.17, 15) is 9.59 Å². The molecule has 0 N–H and O–H groups in total. The smallest absolute Gasteiger partial charge is 0.233 e. The lowest BCUT2D eigenvalue weighted by Crippen LogP contribution is -2.44. The van der Waals surface area contributed by atoms with Gasteiger partial charge in [-0.05, 0) is 56.4 Å². The van der Waals surface area contributed by atoms with Crippen LogP contribution in [0.2, 0.25) is 0 Å². The molecular formula is C23H33N5O2S. The Bertz CT molecular complexity index is 905. The quantitative estimate of drug-likeness (QED) is 0.584. The maximum Gasteiger partial charge on any atom is 0.233 e. The summed E-state index contributed by atoms with van der Waals surface area (Å²) in [5, 5.41) is 8.94. The van der Waals surface area contributed by atoms with Crippen LogP contribution in [-0.2, 0) is 9.59 Å². The van der Waals surface area contributed by atoms with Gasteiger partial charge in [-0.25, -0.2) is 0 Å². The number of hydrogen-bond acceptors (Lipinski definition) is 5. The lowest BCUT2D eigenvalue weighted by atomic mass is 9.95. The molecule has 7 nitrogen and oxygen atoms in total. The van der Waals surface area contributed by atoms with Crippen LogP contribution in [0.3, 0.4) is 0 Å². The van der Waals surface area contributed by atoms with E-state index in [2.05, 4.69) is 43.1 Å². The Labute approximate surface area is 189 Å². The van der Waals surface area contributed by atoms with Crippen LogP contribution in [0, 0.1) is 19.8 Å². The van der Waals surface area contributed by atoms with E-state index in [4.69, 9.17) is 0 Å². The zero-order chi connectivity index (χ0) is 22.4. The molecule has 1 fully saturated rings. The molecule has 0 bridgehead atoms. The zero-order valence-corrected chi connectivity index (χ0v) is 19.8. The lowest BCUT2D eigenvalue weighted by molar-refractivity contribution is -0.138. The number of unbranched alkanes of at least 4 members (excludes halogenated alkanes) is 1. The Balaban J connectivity index is 1.51. The van der Waals surface area contributed by atoms with Crippen molar-refractivity contribution in [2.45, 2.75) is 51.6 Å². The summed E-state index contributed by atoms with van der Waals surface area (Å²) in [4.78, 5) is 29.0. The van der Waals surface area contributed by atoms with Gasteiger partial charge in [0.2, 0.25) is 11.8 Å². The molecule has 0 saturated carbocycles. The van der Waals surface area contributed by atoms with Crippen molar-refractivity contribution in [1.29, 1.82) is 0 Å². The molecule has 1 aliphatic rings. The molecule has 168 valence electrons. The van der Waals surface area contributed by atoms with Gasteiger partial charge in [-0.15, -0.1) is 10.2 Å². The summed E-state index contributed by atoms with van der Waals surface area (Å²) in [5.74, 6) is 0.658. The number of amides is 2. The van der Waals surface area contributed by atoms with Crippen molar-refractivity contribution in [1.82, 2.24) is 24.6 Å². The Kier molecular flexibility index (Phi) is 8.12. The van der Waals surface area contributed by atoms with Gasteiger partial charge in [-0.1, -0.05) is 31.2 Å². The summed E-state index contributed by atoms with van der Waals surface area (Å²) in [6.07, 6.45) is 5.28. The highest BCUT2D eigenvalue weighted by Crippen LogP contribution is 2.24. The fraction of sp³-hybridized carbons (Fsp3) is 0.565. The number of carbonyl (C=O) groups excluding carboxylic acids is 2. The van der Waals surface area contributed by atoms with E-state index in [1.165, 1.54) is 22.9 Å². The second kappa shape index (κ2) is 10.8. The molecule has 1 aromatic heterocycles. The second-order valence-electron chi connectivity index (χ2n) is 8.31. The Morgan fingerprint density at radius 3 is 2.61 bits per heavy atom. The van der Waals surface area contributed by atoms with Crippen LogP contribution in [0.4, 0.5) is 0 Å². The maximum absolute atomic E-state index is 12.7. The molecule has 0 atom stereocenters. The number of thioether (sulfide) groups is 1. The average Bonchev–Trinajstić information content (AvgIpc) is 3.26. The Morgan fingerprint density at radius 1 is 1.19 bits per heavy atom. The predicted molar refractivity (Wildman–Crippen MR) is 123 cm³/mol. The van der Waals surface area contributed by atoms with Crippen molar-refractivity contribution in [3.05, 3.63) is 35.7 Å². The molecule has 3 rings (SSSR count). The highest BCUT2D eigenvalue weighted by atomic mass is 32.2. The first-order chi connectivity index (χ1) is 14.9. The minimum absolute atomic E-state index is 0.0337. The summed E-state index contributed by atoms with van der Waals surface area (Å²) >= 11 is 1.40. The van der Waals surface area contributed by atoms with Gasteiger partial charge in [0.1, 0.15) is 6.33 Å². The van der Waals surface area contributed by atoms with Crippen LogP contribution in [0.25, 0.3) is 5.69 Å². The molecule has 2 amide bonds. The van der Waals surface area contributed by atoms with Crippen LogP contribution < -0.4 is 0 Å². The third kappa shape index (κ3) is 5.87. The number of likely N-dealkylation sites (tertiary alicyclic amines) is 1. The summed E-state index contributed by atoms with van der Waals surface area (Å²) in [6, 6.07) is 6.22. The summed E-state index contributed by atoms with van der Waals surface area (Å²) in [6.45, 7) is 8.38. The molecule has 8 heteroatoms. The minimum Gasteiger partial charge on any atom is -0.346 e. The molecule has 1 aromatic carbocycles. The fourth-order valence-electron chi connectivity index (χ4n) is 3.79. The number of benzene rings is 1. The van der Waals surface area contributed by atoms with E-state index in [0.717, 1.165) is 37.9 Å². The number of rotatable bonds is 8. The minimum atomic E-state index is 0.0337. The molecule has 2 heterocycles. The third-order valence-corrected chi connectivity index (χ3v) is 6.96. The summed E-state index contributed by atoms with van der Waals surface area (Å²) < 4.78 is 1.92. The number of piperidine rings is 1. The SMILES string of the molecule is CCCCN(C)C(=O)C1CCN(C(=O)CSc2nncn2-c2ccc(C)c(C)c2)CC1. The van der Waals surface area contributed by atoms with Crippen LogP contribution in [-0.4, -0.2) is 68.8 Å². The van der Waals surface area contributed by atoms with Gasteiger partial charge in [0.05, 0.1) is 5.75 Å². The first kappa shape index (κ1) is 23.3. The fourth-order valence-corrected chi connectivity index (χ4v) is 4.62. The number of carbonyl (C=O) groups is 2. The van der Waals surface area contributed by atoms with Crippen LogP contribution in [0.15, 0.2) is 29.7 Å². The van der Waals surface area contributed by atoms with Crippen molar-refractivity contribution < 1.29 is 9.59 Å². The predicted octanol–water partition coefficient (Wildman–Crippen LogP) is 3.47. The highest BCUT2D eigenvalue weighted by Gasteiger charge is 2.29. The summed E-state index contributed by atoms with van der Waals surface area (Å²) in [7, 11) is 1.89. The van der Waals surface area contributed by atoms with Crippen LogP contribution in [0.5, 0.6) is 0 Å². The second-order valence-corrected chi connectivity index (χ2v) is 9.25. The van der Waals surface area contributed by atoms with Crippen molar-refractivity contribution in [2.75, 3.05) is 32.4 Å². The van der Waals surface area contributed by atoms with Crippen molar-refractivity contribution in [3.8, 4) is 5.69 Å².